The fourth-order valence-corrected chi connectivity index (χ4v) is 3.84. The third-order valence-corrected chi connectivity index (χ3v) is 5.32. The molecule has 1 unspecified atom stereocenters. The Labute approximate surface area is 188 Å². The van der Waals surface area contributed by atoms with Gasteiger partial charge in [0.25, 0.3) is 10.1 Å². The average molecular weight is 428 g/mol. The molecule has 0 aliphatic carbocycles. The molecule has 1 atom stereocenters. The van der Waals surface area contributed by atoms with Gasteiger partial charge in [0.1, 0.15) is 5.75 Å². The number of nitrogens with zero attached hydrogens (tertiary/aromatic N) is 2. The molecule has 1 aromatic rings. The zero-order valence-corrected chi connectivity index (χ0v) is 16.7. The van der Waals surface area contributed by atoms with Crippen molar-refractivity contribution in [2.45, 2.75) is 12.6 Å². The van der Waals surface area contributed by atoms with E-state index in [1.807, 2.05) is 17.0 Å². The van der Waals surface area contributed by atoms with Gasteiger partial charge in [0, 0.05) is 44.8 Å². The zero-order valence-electron chi connectivity index (χ0n) is 15.9. The van der Waals surface area contributed by atoms with E-state index in [0.29, 0.717) is 36.9 Å². The van der Waals surface area contributed by atoms with E-state index in [2.05, 4.69) is 4.90 Å². The van der Waals surface area contributed by atoms with Gasteiger partial charge in [-0.25, -0.2) is 0 Å². The summed E-state index contributed by atoms with van der Waals surface area (Å²) in [6.45, 7) is 3.79. The molecule has 2 N–H and O–H groups in total. The summed E-state index contributed by atoms with van der Waals surface area (Å²) >= 11 is 0. The minimum absolute atomic E-state index is 0. The molecular weight excluding hydrogens is 399 g/mol. The SMILES string of the molecule is COc1ccc(CN2CCN(CC(O)CS(=O)(=O)O)CC2)c(OC)c1OC.[NaH]. The second kappa shape index (κ2) is 11.6. The number of benzene rings is 1. The van der Waals surface area contributed by atoms with E-state index in [1.54, 1.807) is 21.3 Å². The summed E-state index contributed by atoms with van der Waals surface area (Å²) in [5, 5.41) is 9.78. The first kappa shape index (κ1) is 25.4. The number of ether oxygens (including phenoxy) is 3. The van der Waals surface area contributed by atoms with Crippen molar-refractivity contribution >= 4 is 39.7 Å². The number of hydrogen-bond donors (Lipinski definition) is 2. The van der Waals surface area contributed by atoms with Gasteiger partial charge in [0.2, 0.25) is 5.75 Å². The zero-order chi connectivity index (χ0) is 20.0. The molecule has 0 aromatic heterocycles. The monoisotopic (exact) mass is 428 g/mol. The van der Waals surface area contributed by atoms with Crippen molar-refractivity contribution in [1.82, 2.24) is 9.80 Å². The third kappa shape index (κ3) is 7.34. The van der Waals surface area contributed by atoms with Crippen molar-refractivity contribution in [2.24, 2.45) is 0 Å². The average Bonchev–Trinajstić information content (AvgIpc) is 2.61. The molecule has 0 amide bonds. The molecule has 0 saturated carbocycles. The molecule has 1 fully saturated rings. The minimum atomic E-state index is -4.17. The van der Waals surface area contributed by atoms with Crippen molar-refractivity contribution in [3.8, 4) is 17.2 Å². The normalized spacial score (nSPS) is 16.9. The fourth-order valence-electron chi connectivity index (χ4n) is 3.25. The summed E-state index contributed by atoms with van der Waals surface area (Å²) in [6, 6.07) is 3.79. The van der Waals surface area contributed by atoms with E-state index < -0.39 is 22.0 Å². The predicted octanol–water partition coefficient (Wildman–Crippen LogP) is -0.570. The number of aliphatic hydroxyl groups is 1. The Balaban J connectivity index is 0.00000392. The number of methoxy groups -OCH3 is 3. The molecule has 1 heterocycles. The summed E-state index contributed by atoms with van der Waals surface area (Å²) in [5.41, 5.74) is 0.981. The molecule has 1 saturated heterocycles. The number of hydrogen-bond acceptors (Lipinski definition) is 8. The Hall–Kier alpha value is -0.590. The van der Waals surface area contributed by atoms with Gasteiger partial charge >= 0.3 is 29.6 Å². The van der Waals surface area contributed by atoms with Crippen LogP contribution in [0.5, 0.6) is 17.2 Å². The van der Waals surface area contributed by atoms with E-state index in [0.717, 1.165) is 18.7 Å². The van der Waals surface area contributed by atoms with Crippen molar-refractivity contribution in [2.75, 3.05) is 59.8 Å². The van der Waals surface area contributed by atoms with Gasteiger partial charge < -0.3 is 19.3 Å². The first-order valence-electron chi connectivity index (χ1n) is 8.63. The van der Waals surface area contributed by atoms with Crippen molar-refractivity contribution < 1.29 is 32.3 Å². The maximum atomic E-state index is 10.8. The topological polar surface area (TPSA) is 109 Å². The summed E-state index contributed by atoms with van der Waals surface area (Å²) in [7, 11) is 0.570. The molecule has 156 valence electrons. The Kier molecular flexibility index (Phi) is 10.5. The molecule has 2 rings (SSSR count). The van der Waals surface area contributed by atoms with Crippen molar-refractivity contribution in [1.29, 1.82) is 0 Å². The van der Waals surface area contributed by atoms with Crippen LogP contribution in [0.3, 0.4) is 0 Å². The standard InChI is InChI=1S/C17H28N2O7S.Na.H/c1-24-15-5-4-13(16(25-2)17(15)26-3)10-18-6-8-19(9-7-18)11-14(20)12-27(21,22)23;;/h4-5,14,20H,6-12H2,1-3H3,(H,21,22,23);;. The van der Waals surface area contributed by atoms with Gasteiger partial charge in [-0.05, 0) is 6.07 Å². The summed E-state index contributed by atoms with van der Waals surface area (Å²) in [5.74, 6) is 1.17. The quantitative estimate of drug-likeness (QED) is 0.395. The summed E-state index contributed by atoms with van der Waals surface area (Å²) in [4.78, 5) is 4.23. The van der Waals surface area contributed by atoms with Crippen LogP contribution < -0.4 is 14.2 Å². The fraction of sp³-hybridized carbons (Fsp3) is 0.647. The molecule has 9 nitrogen and oxygen atoms in total. The molecule has 1 aromatic carbocycles. The van der Waals surface area contributed by atoms with Crippen LogP contribution in [0.4, 0.5) is 0 Å². The molecule has 1 aliphatic heterocycles. The van der Waals surface area contributed by atoms with Gasteiger partial charge in [0.15, 0.2) is 11.5 Å². The van der Waals surface area contributed by atoms with Crippen LogP contribution >= 0.6 is 0 Å². The first-order valence-corrected chi connectivity index (χ1v) is 10.2. The predicted molar refractivity (Wildman–Crippen MR) is 107 cm³/mol. The van der Waals surface area contributed by atoms with Crippen molar-refractivity contribution in [3.05, 3.63) is 17.7 Å². The van der Waals surface area contributed by atoms with Gasteiger partial charge in [-0.2, -0.15) is 8.42 Å². The van der Waals surface area contributed by atoms with Crippen LogP contribution in [-0.2, 0) is 16.7 Å². The van der Waals surface area contributed by atoms with E-state index in [-0.39, 0.29) is 36.1 Å². The molecule has 11 heteroatoms. The molecular formula is C17H29N2NaO7S. The number of aliphatic hydroxyl groups excluding tert-OH is 1. The van der Waals surface area contributed by atoms with E-state index in [1.165, 1.54) is 0 Å². The van der Waals surface area contributed by atoms with Crippen LogP contribution in [0, 0.1) is 0 Å². The Morgan fingerprint density at radius 3 is 2.07 bits per heavy atom. The first-order chi connectivity index (χ1) is 12.8. The number of β-amino-alcohol motifs (C(OH)–C–C–N with tert-alkyl or cyclic N) is 1. The van der Waals surface area contributed by atoms with Crippen LogP contribution in [0.15, 0.2) is 12.1 Å². The van der Waals surface area contributed by atoms with Crippen molar-refractivity contribution in [3.63, 3.8) is 0 Å². The number of rotatable bonds is 9. The Morgan fingerprint density at radius 2 is 1.57 bits per heavy atom. The molecule has 1 aliphatic rings. The second-order valence-electron chi connectivity index (χ2n) is 6.47. The summed E-state index contributed by atoms with van der Waals surface area (Å²) < 4.78 is 46.7. The molecule has 0 radical (unpaired) electrons. The van der Waals surface area contributed by atoms with Crippen LogP contribution in [-0.4, -0.2) is 123 Å². The van der Waals surface area contributed by atoms with Gasteiger partial charge in [0.05, 0.1) is 27.4 Å². The Bertz CT molecular complexity index is 724. The third-order valence-electron chi connectivity index (χ3n) is 4.52. The van der Waals surface area contributed by atoms with Gasteiger partial charge in [-0.15, -0.1) is 0 Å². The molecule has 28 heavy (non-hydrogen) atoms. The molecule has 0 spiro atoms. The number of piperazine rings is 1. The van der Waals surface area contributed by atoms with Crippen LogP contribution in [0.1, 0.15) is 5.56 Å². The second-order valence-corrected chi connectivity index (χ2v) is 7.97. The molecule has 0 bridgehead atoms. The summed E-state index contributed by atoms with van der Waals surface area (Å²) in [6.07, 6.45) is -1.10. The van der Waals surface area contributed by atoms with E-state index in [4.69, 9.17) is 18.8 Å². The van der Waals surface area contributed by atoms with Gasteiger partial charge in [-0.1, -0.05) is 6.07 Å². The van der Waals surface area contributed by atoms with Crippen LogP contribution in [0.25, 0.3) is 0 Å². The van der Waals surface area contributed by atoms with Gasteiger partial charge in [-0.3, -0.25) is 14.4 Å². The van der Waals surface area contributed by atoms with Crippen LogP contribution in [0.2, 0.25) is 0 Å². The maximum absolute atomic E-state index is 10.8. The Morgan fingerprint density at radius 1 is 1.00 bits per heavy atom. The van der Waals surface area contributed by atoms with E-state index >= 15 is 0 Å². The van der Waals surface area contributed by atoms with E-state index in [9.17, 15) is 13.5 Å².